The van der Waals surface area contributed by atoms with Gasteiger partial charge in [0.15, 0.2) is 0 Å². The third-order valence-electron chi connectivity index (χ3n) is 4.06. The second-order valence-corrected chi connectivity index (χ2v) is 5.53. The Labute approximate surface area is 124 Å². The van der Waals surface area contributed by atoms with Crippen LogP contribution in [0.4, 0.5) is 0 Å². The zero-order valence-corrected chi connectivity index (χ0v) is 11.8. The number of nitrogens with one attached hydrogen (secondary N) is 1. The number of aliphatic hydroxyl groups excluding tert-OH is 1. The molecule has 0 fully saturated rings. The molecule has 0 spiro atoms. The molecule has 3 rings (SSSR count). The molecule has 1 amide bonds. The van der Waals surface area contributed by atoms with Crippen LogP contribution in [-0.2, 0) is 17.6 Å². The lowest BCUT2D eigenvalue weighted by Crippen LogP contribution is -2.44. The summed E-state index contributed by atoms with van der Waals surface area (Å²) in [4.78, 5) is 12.3. The molecule has 1 aliphatic carbocycles. The summed E-state index contributed by atoms with van der Waals surface area (Å²) >= 11 is 0. The third-order valence-corrected chi connectivity index (χ3v) is 4.06. The predicted octanol–water partition coefficient (Wildman–Crippen LogP) is 2.05. The Kier molecular flexibility index (Phi) is 4.02. The monoisotopic (exact) mass is 281 g/mol. The second kappa shape index (κ2) is 6.10. The van der Waals surface area contributed by atoms with Crippen molar-refractivity contribution in [1.82, 2.24) is 5.32 Å². The van der Waals surface area contributed by atoms with Gasteiger partial charge in [0.2, 0.25) is 5.91 Å². The van der Waals surface area contributed by atoms with E-state index in [4.69, 9.17) is 0 Å². The Morgan fingerprint density at radius 1 is 1.14 bits per heavy atom. The van der Waals surface area contributed by atoms with E-state index in [9.17, 15) is 9.90 Å². The average Bonchev–Trinajstić information content (AvgIpc) is 2.49. The molecule has 21 heavy (non-hydrogen) atoms. The Bertz CT molecular complexity index is 624. The summed E-state index contributed by atoms with van der Waals surface area (Å²) < 4.78 is 0. The van der Waals surface area contributed by atoms with E-state index in [1.165, 1.54) is 5.56 Å². The summed E-state index contributed by atoms with van der Waals surface area (Å²) in [6, 6.07) is 17.7. The van der Waals surface area contributed by atoms with Crippen molar-refractivity contribution in [3.8, 4) is 0 Å². The molecule has 2 N–H and O–H groups in total. The van der Waals surface area contributed by atoms with Crippen LogP contribution < -0.4 is 5.32 Å². The summed E-state index contributed by atoms with van der Waals surface area (Å²) in [6.07, 6.45) is 1.45. The fourth-order valence-electron chi connectivity index (χ4n) is 2.85. The van der Waals surface area contributed by atoms with Crippen LogP contribution >= 0.6 is 0 Å². The van der Waals surface area contributed by atoms with Crippen LogP contribution in [-0.4, -0.2) is 23.7 Å². The van der Waals surface area contributed by atoms with Gasteiger partial charge in [0.05, 0.1) is 18.6 Å². The zero-order valence-electron chi connectivity index (χ0n) is 11.8. The number of hydrogen-bond acceptors (Lipinski definition) is 2. The number of fused-ring (bicyclic) bond motifs is 1. The molecule has 0 saturated heterocycles. The van der Waals surface area contributed by atoms with Crippen LogP contribution in [0.1, 0.15) is 22.6 Å². The SMILES string of the molecule is O=C(N[C@H](CO)Cc1ccccc1)C1Cc2ccccc21. The second-order valence-electron chi connectivity index (χ2n) is 5.53. The van der Waals surface area contributed by atoms with E-state index in [-0.39, 0.29) is 24.5 Å². The van der Waals surface area contributed by atoms with Gasteiger partial charge in [-0.2, -0.15) is 0 Å². The van der Waals surface area contributed by atoms with E-state index in [0.717, 1.165) is 17.5 Å². The molecular formula is C18H19NO2. The number of benzene rings is 2. The summed E-state index contributed by atoms with van der Waals surface area (Å²) in [5, 5.41) is 12.5. The Morgan fingerprint density at radius 3 is 2.57 bits per heavy atom. The highest BCUT2D eigenvalue weighted by Crippen LogP contribution is 2.34. The van der Waals surface area contributed by atoms with Crippen molar-refractivity contribution in [2.45, 2.75) is 24.8 Å². The van der Waals surface area contributed by atoms with Crippen LogP contribution in [0.3, 0.4) is 0 Å². The molecule has 0 bridgehead atoms. The number of amides is 1. The van der Waals surface area contributed by atoms with Crippen molar-refractivity contribution in [2.75, 3.05) is 6.61 Å². The zero-order chi connectivity index (χ0) is 14.7. The van der Waals surface area contributed by atoms with Crippen LogP contribution in [0.15, 0.2) is 54.6 Å². The molecule has 0 radical (unpaired) electrons. The summed E-state index contributed by atoms with van der Waals surface area (Å²) in [6.45, 7) is -0.0466. The van der Waals surface area contributed by atoms with Gasteiger partial charge in [0.25, 0.3) is 0 Å². The van der Waals surface area contributed by atoms with Gasteiger partial charge < -0.3 is 10.4 Å². The molecule has 108 valence electrons. The fourth-order valence-corrected chi connectivity index (χ4v) is 2.85. The molecule has 0 saturated carbocycles. The first-order valence-corrected chi connectivity index (χ1v) is 7.31. The smallest absolute Gasteiger partial charge is 0.228 e. The lowest BCUT2D eigenvalue weighted by molar-refractivity contribution is -0.124. The Hall–Kier alpha value is -2.13. The number of aliphatic hydroxyl groups is 1. The van der Waals surface area contributed by atoms with Crippen molar-refractivity contribution < 1.29 is 9.90 Å². The van der Waals surface area contributed by atoms with Gasteiger partial charge in [-0.1, -0.05) is 54.6 Å². The van der Waals surface area contributed by atoms with Crippen molar-refractivity contribution in [1.29, 1.82) is 0 Å². The van der Waals surface area contributed by atoms with E-state index in [1.54, 1.807) is 0 Å². The largest absolute Gasteiger partial charge is 0.394 e. The van der Waals surface area contributed by atoms with Crippen molar-refractivity contribution in [2.24, 2.45) is 0 Å². The Balaban J connectivity index is 1.61. The molecule has 3 heteroatoms. The average molecular weight is 281 g/mol. The number of hydrogen-bond donors (Lipinski definition) is 2. The fraction of sp³-hybridized carbons (Fsp3) is 0.278. The minimum atomic E-state index is -0.229. The van der Waals surface area contributed by atoms with Gasteiger partial charge in [-0.25, -0.2) is 0 Å². The van der Waals surface area contributed by atoms with E-state index in [0.29, 0.717) is 6.42 Å². The van der Waals surface area contributed by atoms with E-state index in [2.05, 4.69) is 11.4 Å². The standard InChI is InChI=1S/C18H19NO2/c20-12-15(10-13-6-2-1-3-7-13)19-18(21)17-11-14-8-4-5-9-16(14)17/h1-9,15,17,20H,10-12H2,(H,19,21)/t15-,17?/m0/s1. The van der Waals surface area contributed by atoms with Crippen molar-refractivity contribution >= 4 is 5.91 Å². The topological polar surface area (TPSA) is 49.3 Å². The lowest BCUT2D eigenvalue weighted by Gasteiger charge is -2.30. The molecule has 0 aromatic heterocycles. The van der Waals surface area contributed by atoms with Crippen LogP contribution in [0.2, 0.25) is 0 Å². The summed E-state index contributed by atoms with van der Waals surface area (Å²) in [5.41, 5.74) is 3.48. The Morgan fingerprint density at radius 2 is 1.86 bits per heavy atom. The summed E-state index contributed by atoms with van der Waals surface area (Å²) in [5.74, 6) is -0.0466. The van der Waals surface area contributed by atoms with Crippen molar-refractivity contribution in [3.63, 3.8) is 0 Å². The van der Waals surface area contributed by atoms with E-state index >= 15 is 0 Å². The van der Waals surface area contributed by atoms with Crippen LogP contribution in [0, 0.1) is 0 Å². The molecule has 1 aliphatic rings. The van der Waals surface area contributed by atoms with E-state index in [1.807, 2.05) is 48.5 Å². The normalized spacial score (nSPS) is 17.5. The maximum Gasteiger partial charge on any atom is 0.228 e. The van der Waals surface area contributed by atoms with Gasteiger partial charge >= 0.3 is 0 Å². The quantitative estimate of drug-likeness (QED) is 0.881. The first-order valence-electron chi connectivity index (χ1n) is 7.31. The number of rotatable bonds is 5. The van der Waals surface area contributed by atoms with E-state index < -0.39 is 0 Å². The number of carbonyl (C=O) groups is 1. The molecule has 2 atom stereocenters. The maximum absolute atomic E-state index is 12.3. The highest BCUT2D eigenvalue weighted by molar-refractivity contribution is 5.87. The summed E-state index contributed by atoms with van der Waals surface area (Å²) in [7, 11) is 0. The number of carbonyl (C=O) groups excluding carboxylic acids is 1. The van der Waals surface area contributed by atoms with Crippen molar-refractivity contribution in [3.05, 3.63) is 71.3 Å². The van der Waals surface area contributed by atoms with Gasteiger partial charge in [-0.3, -0.25) is 4.79 Å². The third kappa shape index (κ3) is 2.98. The molecule has 2 aromatic rings. The van der Waals surface area contributed by atoms with Crippen LogP contribution in [0.25, 0.3) is 0 Å². The van der Waals surface area contributed by atoms with Gasteiger partial charge in [0.1, 0.15) is 0 Å². The van der Waals surface area contributed by atoms with Gasteiger partial charge in [0, 0.05) is 0 Å². The highest BCUT2D eigenvalue weighted by atomic mass is 16.3. The molecule has 3 nitrogen and oxygen atoms in total. The maximum atomic E-state index is 12.3. The van der Waals surface area contributed by atoms with Gasteiger partial charge in [-0.05, 0) is 29.5 Å². The minimum absolute atomic E-state index is 0.0173. The molecule has 1 unspecified atom stereocenters. The highest BCUT2D eigenvalue weighted by Gasteiger charge is 2.32. The lowest BCUT2D eigenvalue weighted by atomic mass is 9.77. The minimum Gasteiger partial charge on any atom is -0.394 e. The molecular weight excluding hydrogens is 262 g/mol. The molecule has 2 aromatic carbocycles. The van der Waals surface area contributed by atoms with Gasteiger partial charge in [-0.15, -0.1) is 0 Å². The molecule has 0 heterocycles. The molecule has 0 aliphatic heterocycles. The van der Waals surface area contributed by atoms with Crippen LogP contribution in [0.5, 0.6) is 0 Å². The first kappa shape index (κ1) is 13.8. The first-order chi connectivity index (χ1) is 10.3. The predicted molar refractivity (Wildman–Crippen MR) is 82.0 cm³/mol.